The molecular weight excluding hydrogens is 287 g/mol. The van der Waals surface area contributed by atoms with Gasteiger partial charge in [-0.2, -0.15) is 0 Å². The van der Waals surface area contributed by atoms with E-state index in [1.54, 1.807) is 6.07 Å². The van der Waals surface area contributed by atoms with Crippen molar-refractivity contribution >= 4 is 21.5 Å². The first-order valence-electron chi connectivity index (χ1n) is 7.56. The molecule has 0 heterocycles. The van der Waals surface area contributed by atoms with Gasteiger partial charge in [-0.05, 0) is 40.8 Å². The molecule has 2 heteroatoms. The summed E-state index contributed by atoms with van der Waals surface area (Å²) in [5.74, 6) is -0.199. The molecule has 0 saturated carbocycles. The van der Waals surface area contributed by atoms with E-state index in [0.717, 1.165) is 27.1 Å². The Morgan fingerprint density at radius 3 is 2.22 bits per heavy atom. The topological polar surface area (TPSA) is 20.2 Å². The van der Waals surface area contributed by atoms with Crippen molar-refractivity contribution in [2.45, 2.75) is 6.92 Å². The van der Waals surface area contributed by atoms with Crippen LogP contribution in [0.4, 0.5) is 4.39 Å². The molecule has 23 heavy (non-hydrogen) atoms. The van der Waals surface area contributed by atoms with Crippen LogP contribution in [0.15, 0.2) is 66.7 Å². The summed E-state index contributed by atoms with van der Waals surface area (Å²) in [5, 5.41) is 14.2. The minimum atomic E-state index is -0.325. The first-order valence-corrected chi connectivity index (χ1v) is 7.56. The standard InChI is InChI=1S/C21H15FO/c1-13-12-18(21(23)17-9-5-4-7-15(13)17)20-16-8-3-2-6-14(16)10-11-19(20)22/h2-12,23H,1H3. The van der Waals surface area contributed by atoms with E-state index in [2.05, 4.69) is 0 Å². The largest absolute Gasteiger partial charge is 0.507 e. The van der Waals surface area contributed by atoms with Gasteiger partial charge >= 0.3 is 0 Å². The van der Waals surface area contributed by atoms with Gasteiger partial charge in [-0.25, -0.2) is 4.39 Å². The Kier molecular flexibility index (Phi) is 3.05. The molecule has 4 rings (SSSR count). The van der Waals surface area contributed by atoms with Crippen molar-refractivity contribution in [2.24, 2.45) is 0 Å². The van der Waals surface area contributed by atoms with Crippen LogP contribution in [0, 0.1) is 12.7 Å². The number of phenols is 1. The van der Waals surface area contributed by atoms with E-state index >= 15 is 0 Å². The third-order valence-corrected chi connectivity index (χ3v) is 4.37. The van der Waals surface area contributed by atoms with Gasteiger partial charge in [0.25, 0.3) is 0 Å². The van der Waals surface area contributed by atoms with Gasteiger partial charge in [-0.15, -0.1) is 0 Å². The van der Waals surface area contributed by atoms with E-state index in [9.17, 15) is 9.50 Å². The third kappa shape index (κ3) is 2.07. The minimum Gasteiger partial charge on any atom is -0.507 e. The molecule has 112 valence electrons. The second kappa shape index (κ2) is 5.10. The van der Waals surface area contributed by atoms with Crippen LogP contribution in [0.5, 0.6) is 5.75 Å². The Labute approximate surface area is 133 Å². The molecule has 1 N–H and O–H groups in total. The van der Waals surface area contributed by atoms with Crippen molar-refractivity contribution in [3.8, 4) is 16.9 Å². The Morgan fingerprint density at radius 2 is 1.43 bits per heavy atom. The lowest BCUT2D eigenvalue weighted by atomic mass is 9.92. The molecule has 0 bridgehead atoms. The van der Waals surface area contributed by atoms with Crippen LogP contribution >= 0.6 is 0 Å². The Morgan fingerprint density at radius 1 is 0.783 bits per heavy atom. The second-order valence-electron chi connectivity index (χ2n) is 5.78. The van der Waals surface area contributed by atoms with Crippen LogP contribution in [-0.4, -0.2) is 5.11 Å². The molecule has 0 aliphatic carbocycles. The van der Waals surface area contributed by atoms with Crippen LogP contribution in [0.2, 0.25) is 0 Å². The van der Waals surface area contributed by atoms with Crippen LogP contribution in [0.3, 0.4) is 0 Å². The van der Waals surface area contributed by atoms with Gasteiger partial charge in [0.05, 0.1) is 0 Å². The molecule has 0 aliphatic rings. The lowest BCUT2D eigenvalue weighted by Gasteiger charge is -2.14. The Bertz CT molecular complexity index is 1050. The molecule has 0 saturated heterocycles. The fraction of sp³-hybridized carbons (Fsp3) is 0.0476. The summed E-state index contributed by atoms with van der Waals surface area (Å²) in [7, 11) is 0. The summed E-state index contributed by atoms with van der Waals surface area (Å²) in [6.45, 7) is 1.98. The molecule has 0 aliphatic heterocycles. The van der Waals surface area contributed by atoms with E-state index < -0.39 is 0 Å². The molecule has 0 radical (unpaired) electrons. The lowest BCUT2D eigenvalue weighted by Crippen LogP contribution is -1.90. The van der Waals surface area contributed by atoms with E-state index in [0.29, 0.717) is 11.1 Å². The highest BCUT2D eigenvalue weighted by Crippen LogP contribution is 2.41. The highest BCUT2D eigenvalue weighted by Gasteiger charge is 2.16. The summed E-state index contributed by atoms with van der Waals surface area (Å²) >= 11 is 0. The number of aromatic hydroxyl groups is 1. The number of benzene rings is 4. The monoisotopic (exact) mass is 302 g/mol. The van der Waals surface area contributed by atoms with Crippen molar-refractivity contribution in [3.05, 3.63) is 78.1 Å². The molecule has 0 unspecified atom stereocenters. The van der Waals surface area contributed by atoms with Gasteiger partial charge in [0.15, 0.2) is 0 Å². The molecule has 0 amide bonds. The lowest BCUT2D eigenvalue weighted by molar-refractivity contribution is 0.483. The van der Waals surface area contributed by atoms with Gasteiger partial charge in [0, 0.05) is 16.5 Å². The first kappa shape index (κ1) is 13.8. The third-order valence-electron chi connectivity index (χ3n) is 4.37. The van der Waals surface area contributed by atoms with Gasteiger partial charge in [0.1, 0.15) is 11.6 Å². The molecule has 1 nitrogen and oxygen atoms in total. The Balaban J connectivity index is 2.15. The maximum atomic E-state index is 14.6. The molecular formula is C21H15FO. The molecule has 0 aromatic heterocycles. The number of halogens is 1. The van der Waals surface area contributed by atoms with Crippen LogP contribution in [-0.2, 0) is 0 Å². The van der Waals surface area contributed by atoms with Gasteiger partial charge in [0.2, 0.25) is 0 Å². The maximum absolute atomic E-state index is 14.6. The van der Waals surface area contributed by atoms with Gasteiger partial charge in [-0.3, -0.25) is 0 Å². The van der Waals surface area contributed by atoms with Gasteiger partial charge in [-0.1, -0.05) is 54.6 Å². The first-order chi connectivity index (χ1) is 11.2. The van der Waals surface area contributed by atoms with E-state index in [4.69, 9.17) is 0 Å². The molecule has 0 fully saturated rings. The van der Waals surface area contributed by atoms with Crippen LogP contribution in [0.1, 0.15) is 5.56 Å². The zero-order chi connectivity index (χ0) is 16.0. The smallest absolute Gasteiger partial charge is 0.131 e. The van der Waals surface area contributed by atoms with E-state index in [1.807, 2.05) is 61.5 Å². The highest BCUT2D eigenvalue weighted by atomic mass is 19.1. The van der Waals surface area contributed by atoms with Crippen LogP contribution < -0.4 is 0 Å². The van der Waals surface area contributed by atoms with E-state index in [-0.39, 0.29) is 11.6 Å². The van der Waals surface area contributed by atoms with Crippen molar-refractivity contribution in [1.82, 2.24) is 0 Å². The number of rotatable bonds is 1. The predicted octanol–water partition coefficient (Wildman–Crippen LogP) is 5.81. The average Bonchev–Trinajstić information content (AvgIpc) is 2.58. The molecule has 0 spiro atoms. The maximum Gasteiger partial charge on any atom is 0.131 e. The summed E-state index contributed by atoms with van der Waals surface area (Å²) in [6.07, 6.45) is 0. The molecule has 4 aromatic rings. The zero-order valence-corrected chi connectivity index (χ0v) is 12.7. The fourth-order valence-electron chi connectivity index (χ4n) is 3.25. The fourth-order valence-corrected chi connectivity index (χ4v) is 3.25. The van der Waals surface area contributed by atoms with E-state index in [1.165, 1.54) is 6.07 Å². The predicted molar refractivity (Wildman–Crippen MR) is 93.2 cm³/mol. The SMILES string of the molecule is Cc1cc(-c2c(F)ccc3ccccc23)c(O)c2ccccc12. The van der Waals surface area contributed by atoms with Gasteiger partial charge < -0.3 is 5.11 Å². The van der Waals surface area contributed by atoms with Crippen molar-refractivity contribution in [1.29, 1.82) is 0 Å². The summed E-state index contributed by atoms with van der Waals surface area (Å²) in [4.78, 5) is 0. The average molecular weight is 302 g/mol. The summed E-state index contributed by atoms with van der Waals surface area (Å²) < 4.78 is 14.6. The number of fused-ring (bicyclic) bond motifs is 2. The molecule has 0 atom stereocenters. The summed E-state index contributed by atoms with van der Waals surface area (Å²) in [6, 6.07) is 20.4. The highest BCUT2D eigenvalue weighted by molar-refractivity contribution is 6.03. The number of phenolic OH excluding ortho intramolecular Hbond substituents is 1. The normalized spacial score (nSPS) is 11.2. The minimum absolute atomic E-state index is 0.126. The number of aryl methyl sites for hydroxylation is 1. The Hall–Kier alpha value is -2.87. The molecule has 4 aromatic carbocycles. The summed E-state index contributed by atoms with van der Waals surface area (Å²) in [5.41, 5.74) is 2.01. The quantitative estimate of drug-likeness (QED) is 0.470. The second-order valence-corrected chi connectivity index (χ2v) is 5.78. The van der Waals surface area contributed by atoms with Crippen molar-refractivity contribution < 1.29 is 9.50 Å². The number of hydrogen-bond acceptors (Lipinski definition) is 1. The van der Waals surface area contributed by atoms with Crippen molar-refractivity contribution in [2.75, 3.05) is 0 Å². The zero-order valence-electron chi connectivity index (χ0n) is 12.7. The van der Waals surface area contributed by atoms with Crippen LogP contribution in [0.25, 0.3) is 32.7 Å². The number of hydrogen-bond donors (Lipinski definition) is 1. The van der Waals surface area contributed by atoms with Crippen molar-refractivity contribution in [3.63, 3.8) is 0 Å².